The van der Waals surface area contributed by atoms with Gasteiger partial charge in [0, 0.05) is 38.1 Å². The number of fused-ring (bicyclic) bond motifs is 7. The topological polar surface area (TPSA) is 43.9 Å². The van der Waals surface area contributed by atoms with E-state index in [2.05, 4.69) is 120 Å². The minimum absolute atomic E-state index is 0.658. The van der Waals surface area contributed by atoms with Gasteiger partial charge in [0.15, 0.2) is 0 Å². The van der Waals surface area contributed by atoms with E-state index >= 15 is 0 Å². The Bertz CT molecular complexity index is 2470. The minimum atomic E-state index is 0.658. The molecular weight excluding hydrogens is 514 g/mol. The quantitative estimate of drug-likeness (QED) is 0.211. The summed E-state index contributed by atoms with van der Waals surface area (Å²) in [5, 5.41) is 6.73. The summed E-state index contributed by atoms with van der Waals surface area (Å²) < 4.78 is 8.09. The maximum atomic E-state index is 5.88. The van der Waals surface area contributed by atoms with Crippen molar-refractivity contribution >= 4 is 54.5 Å². The molecule has 0 spiro atoms. The van der Waals surface area contributed by atoms with E-state index in [0.717, 1.165) is 76.8 Å². The number of benzene rings is 6. The van der Waals surface area contributed by atoms with Crippen LogP contribution in [0.5, 0.6) is 0 Å². The van der Waals surface area contributed by atoms with Crippen molar-refractivity contribution in [1.29, 1.82) is 0 Å². The maximum Gasteiger partial charge on any atom is 0.235 e. The van der Waals surface area contributed by atoms with Crippen molar-refractivity contribution < 1.29 is 4.42 Å². The molecule has 3 heterocycles. The fraction of sp³-hybridized carbons (Fsp3) is 0. The van der Waals surface area contributed by atoms with Crippen molar-refractivity contribution in [2.45, 2.75) is 0 Å². The Balaban J connectivity index is 1.37. The highest BCUT2D eigenvalue weighted by Gasteiger charge is 2.19. The van der Waals surface area contributed by atoms with Crippen molar-refractivity contribution in [2.75, 3.05) is 0 Å². The molecule has 0 aliphatic rings. The molecule has 6 aromatic carbocycles. The van der Waals surface area contributed by atoms with E-state index < -0.39 is 0 Å². The number of hydrogen-bond donors (Lipinski definition) is 0. The van der Waals surface area contributed by atoms with Gasteiger partial charge in [-0.25, -0.2) is 9.97 Å². The lowest BCUT2D eigenvalue weighted by Crippen LogP contribution is -2.03. The van der Waals surface area contributed by atoms with Gasteiger partial charge in [-0.1, -0.05) is 103 Å². The SMILES string of the molecule is c1ccc(-c2nc(-n3c4ccccc4c4cc(-c5coc6ccccc56)ccc43)nc3c2ccc2ccccc23)cc1. The molecule has 0 saturated carbocycles. The van der Waals surface area contributed by atoms with Crippen LogP contribution in [0, 0.1) is 0 Å². The molecule has 4 nitrogen and oxygen atoms in total. The molecule has 0 aliphatic heterocycles. The van der Waals surface area contributed by atoms with Gasteiger partial charge in [-0.2, -0.15) is 0 Å². The van der Waals surface area contributed by atoms with Crippen LogP contribution >= 0.6 is 0 Å². The maximum absolute atomic E-state index is 5.88. The van der Waals surface area contributed by atoms with E-state index in [-0.39, 0.29) is 0 Å². The molecule has 0 bridgehead atoms. The van der Waals surface area contributed by atoms with Crippen LogP contribution in [0.2, 0.25) is 0 Å². The van der Waals surface area contributed by atoms with E-state index in [1.54, 1.807) is 0 Å². The number of nitrogens with zero attached hydrogens (tertiary/aromatic N) is 3. The number of hydrogen-bond acceptors (Lipinski definition) is 3. The molecule has 0 aliphatic carbocycles. The molecule has 9 rings (SSSR count). The van der Waals surface area contributed by atoms with Crippen LogP contribution < -0.4 is 0 Å². The Morgan fingerprint density at radius 2 is 1.24 bits per heavy atom. The van der Waals surface area contributed by atoms with Gasteiger partial charge in [0.25, 0.3) is 0 Å². The van der Waals surface area contributed by atoms with Gasteiger partial charge in [-0.15, -0.1) is 0 Å². The summed E-state index contributed by atoms with van der Waals surface area (Å²) in [7, 11) is 0. The molecule has 0 radical (unpaired) electrons. The second-order valence-electron chi connectivity index (χ2n) is 10.7. The predicted molar refractivity (Wildman–Crippen MR) is 172 cm³/mol. The average molecular weight is 538 g/mol. The highest BCUT2D eigenvalue weighted by Crippen LogP contribution is 2.38. The summed E-state index contributed by atoms with van der Waals surface area (Å²) in [4.78, 5) is 10.6. The predicted octanol–water partition coefficient (Wildman–Crippen LogP) is 9.96. The van der Waals surface area contributed by atoms with Crippen molar-refractivity contribution in [3.05, 3.63) is 140 Å². The second kappa shape index (κ2) is 8.88. The summed E-state index contributed by atoms with van der Waals surface area (Å²) >= 11 is 0. The first kappa shape index (κ1) is 23.0. The van der Waals surface area contributed by atoms with Crippen molar-refractivity contribution in [2.24, 2.45) is 0 Å². The Kier molecular flexibility index (Phi) is 4.87. The van der Waals surface area contributed by atoms with Gasteiger partial charge < -0.3 is 4.42 Å². The lowest BCUT2D eigenvalue weighted by molar-refractivity contribution is 0.617. The van der Waals surface area contributed by atoms with Gasteiger partial charge >= 0.3 is 0 Å². The Labute approximate surface area is 241 Å². The zero-order valence-electron chi connectivity index (χ0n) is 22.5. The van der Waals surface area contributed by atoms with E-state index in [9.17, 15) is 0 Å². The van der Waals surface area contributed by atoms with Crippen LogP contribution in [0.4, 0.5) is 0 Å². The first-order valence-electron chi connectivity index (χ1n) is 14.1. The van der Waals surface area contributed by atoms with Crippen molar-refractivity contribution in [3.8, 4) is 28.3 Å². The Hall–Kier alpha value is -5.74. The van der Waals surface area contributed by atoms with Gasteiger partial charge in [0.1, 0.15) is 5.58 Å². The first-order chi connectivity index (χ1) is 20.8. The molecule has 3 aromatic heterocycles. The van der Waals surface area contributed by atoms with E-state index in [1.807, 2.05) is 24.5 Å². The standard InChI is InChI=1S/C38H23N3O/c1-2-11-25(12-3-1)36-30-20-18-24-10-4-5-13-27(24)37(30)40-38(39-36)41-33-16-8-6-14-28(33)31-22-26(19-21-34(31)41)32-23-42-35-17-9-7-15-29(32)35/h1-23H. The summed E-state index contributed by atoms with van der Waals surface area (Å²) in [5.41, 5.74) is 8.16. The molecular formula is C38H23N3O. The minimum Gasteiger partial charge on any atom is -0.464 e. The van der Waals surface area contributed by atoms with Crippen LogP contribution in [-0.4, -0.2) is 14.5 Å². The summed E-state index contributed by atoms with van der Waals surface area (Å²) in [6.07, 6.45) is 1.86. The summed E-state index contributed by atoms with van der Waals surface area (Å²) in [5.74, 6) is 0.658. The third-order valence-corrected chi connectivity index (χ3v) is 8.29. The largest absolute Gasteiger partial charge is 0.464 e. The van der Waals surface area contributed by atoms with E-state index in [0.29, 0.717) is 5.95 Å². The van der Waals surface area contributed by atoms with Gasteiger partial charge in [0.05, 0.1) is 28.5 Å². The lowest BCUT2D eigenvalue weighted by atomic mass is 10.0. The van der Waals surface area contributed by atoms with Crippen molar-refractivity contribution in [3.63, 3.8) is 0 Å². The smallest absolute Gasteiger partial charge is 0.235 e. The normalized spacial score (nSPS) is 11.8. The molecule has 4 heteroatoms. The number of furan rings is 1. The molecule has 0 atom stereocenters. The van der Waals surface area contributed by atoms with Gasteiger partial charge in [-0.05, 0) is 41.3 Å². The summed E-state index contributed by atoms with van der Waals surface area (Å²) in [6.45, 7) is 0. The fourth-order valence-electron chi connectivity index (χ4n) is 6.33. The summed E-state index contributed by atoms with van der Waals surface area (Å²) in [6, 6.07) is 46.4. The van der Waals surface area contributed by atoms with Gasteiger partial charge in [0.2, 0.25) is 5.95 Å². The molecule has 0 saturated heterocycles. The zero-order chi connectivity index (χ0) is 27.6. The Morgan fingerprint density at radius 1 is 0.500 bits per heavy atom. The van der Waals surface area contributed by atoms with E-state index in [4.69, 9.17) is 14.4 Å². The monoisotopic (exact) mass is 537 g/mol. The first-order valence-corrected chi connectivity index (χ1v) is 14.1. The average Bonchev–Trinajstić information content (AvgIpc) is 3.64. The Morgan fingerprint density at radius 3 is 2.14 bits per heavy atom. The van der Waals surface area contributed by atoms with E-state index in [1.165, 1.54) is 0 Å². The lowest BCUT2D eigenvalue weighted by Gasteiger charge is -2.13. The zero-order valence-corrected chi connectivity index (χ0v) is 22.5. The molecule has 42 heavy (non-hydrogen) atoms. The molecule has 196 valence electrons. The van der Waals surface area contributed by atoms with Crippen molar-refractivity contribution in [1.82, 2.24) is 14.5 Å². The fourth-order valence-corrected chi connectivity index (χ4v) is 6.33. The molecule has 0 unspecified atom stereocenters. The molecule has 0 fully saturated rings. The van der Waals surface area contributed by atoms with Crippen LogP contribution in [-0.2, 0) is 0 Å². The molecule has 0 amide bonds. The van der Waals surface area contributed by atoms with Crippen LogP contribution in [0.15, 0.2) is 144 Å². The number of para-hydroxylation sites is 2. The second-order valence-corrected chi connectivity index (χ2v) is 10.7. The molecule has 0 N–H and O–H groups in total. The highest BCUT2D eigenvalue weighted by molar-refractivity contribution is 6.12. The van der Waals surface area contributed by atoms with Crippen LogP contribution in [0.3, 0.4) is 0 Å². The van der Waals surface area contributed by atoms with Crippen LogP contribution in [0.1, 0.15) is 0 Å². The third-order valence-electron chi connectivity index (χ3n) is 8.29. The third kappa shape index (κ3) is 3.36. The number of aromatic nitrogens is 3. The van der Waals surface area contributed by atoms with Crippen LogP contribution in [0.25, 0.3) is 82.8 Å². The van der Waals surface area contributed by atoms with Gasteiger partial charge in [-0.3, -0.25) is 4.57 Å². The highest BCUT2D eigenvalue weighted by atomic mass is 16.3. The molecule has 9 aromatic rings. The number of rotatable bonds is 3.